The maximum absolute atomic E-state index is 11.6. The number of hydrogen-bond donors (Lipinski definition) is 0. The van der Waals surface area contributed by atoms with Gasteiger partial charge in [0.2, 0.25) is 0 Å². The van der Waals surface area contributed by atoms with Gasteiger partial charge in [0.15, 0.2) is 5.78 Å². The van der Waals surface area contributed by atoms with Gasteiger partial charge in [-0.1, -0.05) is 29.3 Å². The lowest BCUT2D eigenvalue weighted by Gasteiger charge is -2.04. The van der Waals surface area contributed by atoms with Crippen molar-refractivity contribution in [2.75, 3.05) is 6.61 Å². The highest BCUT2D eigenvalue weighted by atomic mass is 35.5. The van der Waals surface area contributed by atoms with Crippen molar-refractivity contribution in [1.82, 2.24) is 0 Å². The number of esters is 1. The van der Waals surface area contributed by atoms with Crippen LogP contribution in [-0.2, 0) is 14.3 Å². The van der Waals surface area contributed by atoms with Gasteiger partial charge in [0.1, 0.15) is 5.57 Å². The molecule has 0 unspecified atom stereocenters. The Labute approximate surface area is 115 Å². The number of benzene rings is 1. The Morgan fingerprint density at radius 1 is 1.28 bits per heavy atom. The van der Waals surface area contributed by atoms with E-state index in [2.05, 4.69) is 0 Å². The summed E-state index contributed by atoms with van der Waals surface area (Å²) in [6.45, 7) is 3.19. The quantitative estimate of drug-likeness (QED) is 0.368. The summed E-state index contributed by atoms with van der Waals surface area (Å²) in [4.78, 5) is 23.0. The largest absolute Gasteiger partial charge is 0.462 e. The van der Waals surface area contributed by atoms with Crippen LogP contribution >= 0.6 is 23.2 Å². The second kappa shape index (κ2) is 6.57. The highest BCUT2D eigenvalue weighted by Crippen LogP contribution is 2.24. The van der Waals surface area contributed by atoms with Gasteiger partial charge in [-0.05, 0) is 37.6 Å². The van der Waals surface area contributed by atoms with E-state index in [4.69, 9.17) is 27.9 Å². The van der Waals surface area contributed by atoms with Crippen molar-refractivity contribution in [3.05, 3.63) is 39.4 Å². The van der Waals surface area contributed by atoms with Gasteiger partial charge in [0, 0.05) is 0 Å². The predicted octanol–water partition coefficient (Wildman–Crippen LogP) is 3.53. The van der Waals surface area contributed by atoms with Crippen molar-refractivity contribution >= 4 is 41.0 Å². The van der Waals surface area contributed by atoms with E-state index in [1.807, 2.05) is 0 Å². The average Bonchev–Trinajstić information content (AvgIpc) is 2.30. The summed E-state index contributed by atoms with van der Waals surface area (Å²) in [5.41, 5.74) is 0.595. The van der Waals surface area contributed by atoms with Gasteiger partial charge >= 0.3 is 5.97 Å². The van der Waals surface area contributed by atoms with Crippen molar-refractivity contribution in [3.63, 3.8) is 0 Å². The normalized spacial score (nSPS) is 11.2. The molecule has 0 heterocycles. The molecule has 96 valence electrons. The van der Waals surface area contributed by atoms with Crippen LogP contribution in [0.15, 0.2) is 23.8 Å². The highest BCUT2D eigenvalue weighted by Gasteiger charge is 2.15. The van der Waals surface area contributed by atoms with E-state index in [0.717, 1.165) is 0 Å². The molecule has 0 aliphatic carbocycles. The predicted molar refractivity (Wildman–Crippen MR) is 71.8 cm³/mol. The molecule has 0 bridgehead atoms. The molecule has 0 saturated heterocycles. The van der Waals surface area contributed by atoms with Crippen LogP contribution in [0.5, 0.6) is 0 Å². The van der Waals surface area contributed by atoms with Crippen LogP contribution in [0.3, 0.4) is 0 Å². The smallest absolute Gasteiger partial charge is 0.341 e. The zero-order valence-corrected chi connectivity index (χ0v) is 11.5. The molecular formula is C13H12Cl2O3. The molecular weight excluding hydrogens is 275 g/mol. The first-order valence-corrected chi connectivity index (χ1v) is 6.06. The van der Waals surface area contributed by atoms with Crippen LogP contribution in [0, 0.1) is 0 Å². The fourth-order valence-corrected chi connectivity index (χ4v) is 1.59. The monoisotopic (exact) mass is 286 g/mol. The maximum atomic E-state index is 11.6. The molecule has 0 atom stereocenters. The molecule has 1 aromatic carbocycles. The number of rotatable bonds is 4. The van der Waals surface area contributed by atoms with Crippen LogP contribution in [0.25, 0.3) is 6.08 Å². The summed E-state index contributed by atoms with van der Waals surface area (Å²) in [5, 5.41) is 0.770. The van der Waals surface area contributed by atoms with Gasteiger partial charge in [-0.15, -0.1) is 0 Å². The first kappa shape index (κ1) is 14.7. The minimum atomic E-state index is -0.643. The third-order valence-electron chi connectivity index (χ3n) is 2.13. The van der Waals surface area contributed by atoms with Crippen molar-refractivity contribution in [2.45, 2.75) is 13.8 Å². The first-order chi connectivity index (χ1) is 8.45. The number of Topliss-reactive ketones (excluding diaryl/α,β-unsaturated/α-hetero) is 1. The minimum absolute atomic E-state index is 0.0183. The van der Waals surface area contributed by atoms with Crippen LogP contribution in [-0.4, -0.2) is 18.4 Å². The van der Waals surface area contributed by atoms with E-state index < -0.39 is 5.97 Å². The van der Waals surface area contributed by atoms with Gasteiger partial charge < -0.3 is 4.74 Å². The SMILES string of the molecule is CCOC(=O)/C(=C/c1ccc(Cl)c(Cl)c1)C(C)=O. The van der Waals surface area contributed by atoms with E-state index in [0.29, 0.717) is 15.6 Å². The molecule has 1 aromatic rings. The van der Waals surface area contributed by atoms with Gasteiger partial charge in [-0.3, -0.25) is 4.79 Å². The molecule has 0 saturated carbocycles. The molecule has 0 aromatic heterocycles. The molecule has 0 aliphatic heterocycles. The third-order valence-corrected chi connectivity index (χ3v) is 2.87. The zero-order valence-electron chi connectivity index (χ0n) is 10.00. The Hall–Kier alpha value is -1.32. The average molecular weight is 287 g/mol. The molecule has 5 heteroatoms. The number of ether oxygens (including phenoxy) is 1. The fourth-order valence-electron chi connectivity index (χ4n) is 1.28. The molecule has 0 spiro atoms. The molecule has 0 radical (unpaired) electrons. The summed E-state index contributed by atoms with van der Waals surface area (Å²) >= 11 is 11.6. The van der Waals surface area contributed by atoms with Gasteiger partial charge in [0.25, 0.3) is 0 Å². The molecule has 0 N–H and O–H groups in total. The standard InChI is InChI=1S/C13H12Cl2O3/c1-3-18-13(17)10(8(2)16)6-9-4-5-11(14)12(15)7-9/h4-7H,3H2,1-2H3/b10-6+. The lowest BCUT2D eigenvalue weighted by molar-refractivity contribution is -0.139. The van der Waals surface area contributed by atoms with Crippen molar-refractivity contribution in [2.24, 2.45) is 0 Å². The Bertz CT molecular complexity index is 507. The van der Waals surface area contributed by atoms with E-state index in [1.165, 1.54) is 13.0 Å². The van der Waals surface area contributed by atoms with Crippen LogP contribution in [0.2, 0.25) is 10.0 Å². The Morgan fingerprint density at radius 3 is 2.44 bits per heavy atom. The molecule has 0 amide bonds. The minimum Gasteiger partial charge on any atom is -0.462 e. The second-order valence-electron chi connectivity index (χ2n) is 3.51. The topological polar surface area (TPSA) is 43.4 Å². The maximum Gasteiger partial charge on any atom is 0.341 e. The Kier molecular flexibility index (Phi) is 5.38. The van der Waals surface area contributed by atoms with Crippen LogP contribution < -0.4 is 0 Å². The van der Waals surface area contributed by atoms with E-state index in [-0.39, 0.29) is 18.0 Å². The summed E-state index contributed by atoms with van der Waals surface area (Å²) in [6, 6.07) is 4.83. The number of carbonyl (C=O) groups excluding carboxylic acids is 2. The molecule has 0 fully saturated rings. The van der Waals surface area contributed by atoms with Gasteiger partial charge in [-0.2, -0.15) is 0 Å². The third kappa shape index (κ3) is 3.86. The Morgan fingerprint density at radius 2 is 1.94 bits per heavy atom. The fraction of sp³-hybridized carbons (Fsp3) is 0.231. The molecule has 1 rings (SSSR count). The second-order valence-corrected chi connectivity index (χ2v) is 4.32. The summed E-state index contributed by atoms with van der Waals surface area (Å²) in [6.07, 6.45) is 1.43. The molecule has 0 aliphatic rings. The molecule has 18 heavy (non-hydrogen) atoms. The van der Waals surface area contributed by atoms with Crippen molar-refractivity contribution < 1.29 is 14.3 Å². The summed E-state index contributed by atoms with van der Waals surface area (Å²) in [7, 11) is 0. The van der Waals surface area contributed by atoms with E-state index >= 15 is 0 Å². The Balaban J connectivity index is 3.12. The van der Waals surface area contributed by atoms with Crippen molar-refractivity contribution in [1.29, 1.82) is 0 Å². The summed E-state index contributed by atoms with van der Waals surface area (Å²) in [5.74, 6) is -1.00. The van der Waals surface area contributed by atoms with Crippen LogP contribution in [0.1, 0.15) is 19.4 Å². The number of halogens is 2. The zero-order chi connectivity index (χ0) is 13.7. The van der Waals surface area contributed by atoms with Gasteiger partial charge in [0.05, 0.1) is 16.7 Å². The van der Waals surface area contributed by atoms with E-state index in [1.54, 1.807) is 25.1 Å². The number of ketones is 1. The van der Waals surface area contributed by atoms with E-state index in [9.17, 15) is 9.59 Å². The lowest BCUT2D eigenvalue weighted by Crippen LogP contribution is -2.13. The van der Waals surface area contributed by atoms with Crippen LogP contribution in [0.4, 0.5) is 0 Å². The number of carbonyl (C=O) groups is 2. The lowest BCUT2D eigenvalue weighted by atomic mass is 10.1. The van der Waals surface area contributed by atoms with Crippen molar-refractivity contribution in [3.8, 4) is 0 Å². The molecule has 3 nitrogen and oxygen atoms in total. The highest BCUT2D eigenvalue weighted by molar-refractivity contribution is 6.42. The van der Waals surface area contributed by atoms with Gasteiger partial charge in [-0.25, -0.2) is 4.79 Å². The first-order valence-electron chi connectivity index (χ1n) is 5.30. The number of hydrogen-bond acceptors (Lipinski definition) is 3. The summed E-state index contributed by atoms with van der Waals surface area (Å²) < 4.78 is 4.80.